The summed E-state index contributed by atoms with van der Waals surface area (Å²) in [7, 11) is 0. The average molecular weight is 307 g/mol. The third-order valence-corrected chi connectivity index (χ3v) is 4.81. The molecule has 2 aromatic rings. The molecule has 0 saturated carbocycles. The van der Waals surface area contributed by atoms with E-state index in [1.807, 2.05) is 18.2 Å². The van der Waals surface area contributed by atoms with Gasteiger partial charge >= 0.3 is 0 Å². The fourth-order valence-electron chi connectivity index (χ4n) is 2.83. The molecule has 0 aromatic heterocycles. The van der Waals surface area contributed by atoms with Gasteiger partial charge in [-0.3, -0.25) is 0 Å². The Bertz CT molecular complexity index is 637. The Kier molecular flexibility index (Phi) is 4.02. The van der Waals surface area contributed by atoms with E-state index in [0.717, 1.165) is 24.0 Å². The van der Waals surface area contributed by atoms with Gasteiger partial charge in [-0.25, -0.2) is 0 Å². The van der Waals surface area contributed by atoms with Gasteiger partial charge in [0.1, 0.15) is 0 Å². The van der Waals surface area contributed by atoms with Gasteiger partial charge in [-0.2, -0.15) is 0 Å². The zero-order valence-electron chi connectivity index (χ0n) is 11.1. The van der Waals surface area contributed by atoms with Gasteiger partial charge in [0.15, 0.2) is 0 Å². The van der Waals surface area contributed by atoms with Crippen molar-refractivity contribution >= 4 is 23.2 Å². The number of aliphatic hydroxyl groups is 1. The van der Waals surface area contributed by atoms with Crippen LogP contribution in [-0.4, -0.2) is 5.11 Å². The van der Waals surface area contributed by atoms with Crippen LogP contribution in [0.25, 0.3) is 0 Å². The Hall–Kier alpha value is -1.02. The monoisotopic (exact) mass is 306 g/mol. The van der Waals surface area contributed by atoms with Crippen LogP contribution in [0.4, 0.5) is 0 Å². The molecule has 1 aliphatic rings. The number of benzene rings is 2. The third-order valence-electron chi connectivity index (χ3n) is 3.95. The summed E-state index contributed by atoms with van der Waals surface area (Å²) >= 11 is 12.2. The van der Waals surface area contributed by atoms with Crippen LogP contribution in [0.15, 0.2) is 36.4 Å². The van der Waals surface area contributed by atoms with Crippen molar-refractivity contribution in [2.45, 2.75) is 31.8 Å². The van der Waals surface area contributed by atoms with Crippen LogP contribution < -0.4 is 0 Å². The quantitative estimate of drug-likeness (QED) is 0.867. The Morgan fingerprint density at radius 1 is 1.05 bits per heavy atom. The first kappa shape index (κ1) is 13.9. The van der Waals surface area contributed by atoms with E-state index >= 15 is 0 Å². The van der Waals surface area contributed by atoms with Crippen molar-refractivity contribution in [2.24, 2.45) is 0 Å². The predicted octanol–water partition coefficient (Wildman–Crippen LogP) is 4.76. The second kappa shape index (κ2) is 5.77. The number of rotatable bonds is 3. The minimum Gasteiger partial charge on any atom is -0.388 e. The first-order chi connectivity index (χ1) is 9.65. The highest BCUT2D eigenvalue weighted by Gasteiger charge is 2.16. The second-order valence-corrected chi connectivity index (χ2v) is 6.10. The molecule has 0 radical (unpaired) electrons. The smallest absolute Gasteiger partial charge is 0.0831 e. The maximum atomic E-state index is 10.4. The molecule has 104 valence electrons. The number of fused-ring (bicyclic) bond motifs is 1. The summed E-state index contributed by atoms with van der Waals surface area (Å²) in [5, 5.41) is 11.5. The highest BCUT2D eigenvalue weighted by molar-refractivity contribution is 6.42. The van der Waals surface area contributed by atoms with Crippen molar-refractivity contribution in [1.29, 1.82) is 0 Å². The van der Waals surface area contributed by atoms with Gasteiger partial charge in [-0.1, -0.05) is 53.5 Å². The van der Waals surface area contributed by atoms with Crippen molar-refractivity contribution in [2.75, 3.05) is 0 Å². The highest BCUT2D eigenvalue weighted by atomic mass is 35.5. The van der Waals surface area contributed by atoms with E-state index in [1.165, 1.54) is 17.5 Å². The number of aliphatic hydroxyl groups excluding tert-OH is 1. The van der Waals surface area contributed by atoms with Gasteiger partial charge in [-0.05, 0) is 47.6 Å². The lowest BCUT2D eigenvalue weighted by atomic mass is 9.98. The van der Waals surface area contributed by atoms with Crippen molar-refractivity contribution in [3.05, 3.63) is 68.7 Å². The molecule has 2 aromatic carbocycles. The van der Waals surface area contributed by atoms with Crippen LogP contribution in [0, 0.1) is 0 Å². The highest BCUT2D eigenvalue weighted by Crippen LogP contribution is 2.31. The first-order valence-electron chi connectivity index (χ1n) is 6.88. The van der Waals surface area contributed by atoms with Gasteiger partial charge in [0.25, 0.3) is 0 Å². The molecule has 0 fully saturated rings. The molecule has 0 amide bonds. The SMILES string of the molecule is OC(Cc1cccc(Cl)c1Cl)c1ccc2c(c1)CCC2. The van der Waals surface area contributed by atoms with Crippen LogP contribution in [-0.2, 0) is 19.3 Å². The Morgan fingerprint density at radius 3 is 2.70 bits per heavy atom. The van der Waals surface area contributed by atoms with Crippen molar-refractivity contribution in [1.82, 2.24) is 0 Å². The Labute approximate surface area is 129 Å². The number of hydrogen-bond donors (Lipinski definition) is 1. The zero-order valence-corrected chi connectivity index (χ0v) is 12.6. The predicted molar refractivity (Wildman–Crippen MR) is 83.6 cm³/mol. The first-order valence-corrected chi connectivity index (χ1v) is 7.63. The molecule has 1 unspecified atom stereocenters. The molecule has 3 heteroatoms. The van der Waals surface area contributed by atoms with E-state index in [1.54, 1.807) is 6.07 Å². The van der Waals surface area contributed by atoms with E-state index in [9.17, 15) is 5.11 Å². The van der Waals surface area contributed by atoms with Crippen LogP contribution >= 0.6 is 23.2 Å². The van der Waals surface area contributed by atoms with Gasteiger partial charge in [0, 0.05) is 6.42 Å². The number of halogens is 2. The Morgan fingerprint density at radius 2 is 1.85 bits per heavy atom. The molecule has 20 heavy (non-hydrogen) atoms. The molecule has 1 atom stereocenters. The van der Waals surface area contributed by atoms with E-state index < -0.39 is 6.10 Å². The summed E-state index contributed by atoms with van der Waals surface area (Å²) in [5.74, 6) is 0. The summed E-state index contributed by atoms with van der Waals surface area (Å²) in [6, 6.07) is 11.8. The molecule has 3 rings (SSSR count). The molecule has 0 bridgehead atoms. The van der Waals surface area contributed by atoms with Crippen molar-refractivity contribution in [3.8, 4) is 0 Å². The van der Waals surface area contributed by atoms with Crippen LogP contribution in [0.2, 0.25) is 10.0 Å². The fourth-order valence-corrected chi connectivity index (χ4v) is 3.23. The van der Waals surface area contributed by atoms with E-state index in [4.69, 9.17) is 23.2 Å². The van der Waals surface area contributed by atoms with Crippen LogP contribution in [0.5, 0.6) is 0 Å². The third kappa shape index (κ3) is 2.71. The van der Waals surface area contributed by atoms with E-state index in [2.05, 4.69) is 12.1 Å². The van der Waals surface area contributed by atoms with Crippen LogP contribution in [0.3, 0.4) is 0 Å². The van der Waals surface area contributed by atoms with E-state index in [-0.39, 0.29) is 0 Å². The lowest BCUT2D eigenvalue weighted by molar-refractivity contribution is 0.178. The molecule has 1 nitrogen and oxygen atoms in total. The maximum absolute atomic E-state index is 10.4. The van der Waals surface area contributed by atoms with Crippen molar-refractivity contribution in [3.63, 3.8) is 0 Å². The van der Waals surface area contributed by atoms with E-state index in [0.29, 0.717) is 16.5 Å². The summed E-state index contributed by atoms with van der Waals surface area (Å²) < 4.78 is 0. The molecular weight excluding hydrogens is 291 g/mol. The average Bonchev–Trinajstić information content (AvgIpc) is 2.91. The zero-order chi connectivity index (χ0) is 14.1. The molecule has 1 N–H and O–H groups in total. The topological polar surface area (TPSA) is 20.2 Å². The summed E-state index contributed by atoms with van der Waals surface area (Å²) in [5.41, 5.74) is 4.63. The molecular formula is C17H16Cl2O. The van der Waals surface area contributed by atoms with Crippen molar-refractivity contribution < 1.29 is 5.11 Å². The fraction of sp³-hybridized carbons (Fsp3) is 0.294. The normalized spacial score (nSPS) is 15.2. The lowest BCUT2D eigenvalue weighted by Crippen LogP contribution is -2.03. The number of hydrogen-bond acceptors (Lipinski definition) is 1. The molecule has 1 aliphatic carbocycles. The molecule has 0 spiro atoms. The minimum absolute atomic E-state index is 0.484. The Balaban J connectivity index is 1.82. The summed E-state index contributed by atoms with van der Waals surface area (Å²) in [4.78, 5) is 0. The maximum Gasteiger partial charge on any atom is 0.0831 e. The molecule has 0 saturated heterocycles. The lowest BCUT2D eigenvalue weighted by Gasteiger charge is -2.14. The molecule has 0 heterocycles. The van der Waals surface area contributed by atoms with Gasteiger partial charge in [0.2, 0.25) is 0 Å². The largest absolute Gasteiger partial charge is 0.388 e. The van der Waals surface area contributed by atoms with Gasteiger partial charge in [-0.15, -0.1) is 0 Å². The molecule has 0 aliphatic heterocycles. The number of aryl methyl sites for hydroxylation is 2. The van der Waals surface area contributed by atoms with Gasteiger partial charge < -0.3 is 5.11 Å². The van der Waals surface area contributed by atoms with Gasteiger partial charge in [0.05, 0.1) is 16.1 Å². The summed E-state index contributed by atoms with van der Waals surface area (Å²) in [6.45, 7) is 0. The summed E-state index contributed by atoms with van der Waals surface area (Å²) in [6.07, 6.45) is 3.43. The minimum atomic E-state index is -0.545. The van der Waals surface area contributed by atoms with Crippen LogP contribution in [0.1, 0.15) is 34.8 Å². The standard InChI is InChI=1S/C17H16Cl2O/c18-15-6-2-5-14(17(15)19)10-16(20)13-8-7-11-3-1-4-12(11)9-13/h2,5-9,16,20H,1,3-4,10H2. The second-order valence-electron chi connectivity index (χ2n) is 5.31.